The van der Waals surface area contributed by atoms with E-state index >= 15 is 0 Å². The standard InChI is InChI=1S/C17H22N6O4/c1-27-8-6-18-17(24)14-10-20-21-16(14)12-3-2-7-22(11-12)15-5-4-13(9-19-15)23(25)26/h4-5,9-10,12H,2-3,6-8,11H2,1H3,(H,18,24)(H,20,21)/t12-/m0/s1. The predicted molar refractivity (Wildman–Crippen MR) is 97.9 cm³/mol. The van der Waals surface area contributed by atoms with Gasteiger partial charge in [-0.15, -0.1) is 0 Å². The van der Waals surface area contributed by atoms with Gasteiger partial charge in [-0.3, -0.25) is 20.0 Å². The molecule has 2 aromatic rings. The average molecular weight is 374 g/mol. The van der Waals surface area contributed by atoms with Gasteiger partial charge >= 0.3 is 0 Å². The second-order valence-electron chi connectivity index (χ2n) is 6.36. The molecule has 1 fully saturated rings. The Labute approximate surface area is 156 Å². The number of hydrogen-bond acceptors (Lipinski definition) is 7. The first-order valence-corrected chi connectivity index (χ1v) is 8.76. The highest BCUT2D eigenvalue weighted by molar-refractivity contribution is 5.95. The lowest BCUT2D eigenvalue weighted by atomic mass is 9.92. The van der Waals surface area contributed by atoms with Crippen molar-refractivity contribution in [2.75, 3.05) is 38.3 Å². The summed E-state index contributed by atoms with van der Waals surface area (Å²) in [4.78, 5) is 29.0. The largest absolute Gasteiger partial charge is 0.383 e. The molecule has 1 aliphatic rings. The van der Waals surface area contributed by atoms with E-state index in [9.17, 15) is 14.9 Å². The van der Waals surface area contributed by atoms with Crippen molar-refractivity contribution in [3.8, 4) is 0 Å². The fraction of sp³-hybridized carbons (Fsp3) is 0.471. The lowest BCUT2D eigenvalue weighted by molar-refractivity contribution is -0.385. The third kappa shape index (κ3) is 4.40. The van der Waals surface area contributed by atoms with Gasteiger partial charge in [-0.1, -0.05) is 0 Å². The molecule has 0 spiro atoms. The Morgan fingerprint density at radius 3 is 3.04 bits per heavy atom. The molecule has 0 unspecified atom stereocenters. The maximum atomic E-state index is 12.4. The van der Waals surface area contributed by atoms with E-state index in [1.54, 1.807) is 19.4 Å². The number of amides is 1. The molecule has 3 rings (SSSR count). The summed E-state index contributed by atoms with van der Waals surface area (Å²) in [6, 6.07) is 3.11. The summed E-state index contributed by atoms with van der Waals surface area (Å²) >= 11 is 0. The number of ether oxygens (including phenoxy) is 1. The third-order valence-electron chi connectivity index (χ3n) is 4.60. The first-order chi connectivity index (χ1) is 13.1. The minimum atomic E-state index is -0.463. The first-order valence-electron chi connectivity index (χ1n) is 8.76. The molecule has 0 aromatic carbocycles. The van der Waals surface area contributed by atoms with Crippen LogP contribution in [0.1, 0.15) is 34.8 Å². The van der Waals surface area contributed by atoms with Crippen molar-refractivity contribution in [1.82, 2.24) is 20.5 Å². The molecule has 0 bridgehead atoms. The molecule has 2 N–H and O–H groups in total. The van der Waals surface area contributed by atoms with Crippen LogP contribution in [-0.2, 0) is 4.74 Å². The van der Waals surface area contributed by atoms with Crippen molar-refractivity contribution in [2.24, 2.45) is 0 Å². The molecule has 0 aliphatic carbocycles. The van der Waals surface area contributed by atoms with Crippen molar-refractivity contribution in [2.45, 2.75) is 18.8 Å². The number of nitrogens with one attached hydrogen (secondary N) is 2. The zero-order valence-electron chi connectivity index (χ0n) is 15.1. The number of carbonyl (C=O) groups excluding carboxylic acids is 1. The molecular formula is C17H22N6O4. The molecule has 1 atom stereocenters. The highest BCUT2D eigenvalue weighted by Gasteiger charge is 2.27. The normalized spacial score (nSPS) is 16.9. The summed E-state index contributed by atoms with van der Waals surface area (Å²) in [6.07, 6.45) is 4.65. The summed E-state index contributed by atoms with van der Waals surface area (Å²) in [5.74, 6) is 0.610. The van der Waals surface area contributed by atoms with Gasteiger partial charge in [0.25, 0.3) is 11.6 Å². The second-order valence-corrected chi connectivity index (χ2v) is 6.36. The van der Waals surface area contributed by atoms with Gasteiger partial charge in [0.2, 0.25) is 0 Å². The van der Waals surface area contributed by atoms with Crippen LogP contribution in [-0.4, -0.2) is 59.4 Å². The monoisotopic (exact) mass is 374 g/mol. The maximum Gasteiger partial charge on any atom is 0.287 e. The molecular weight excluding hydrogens is 352 g/mol. The van der Waals surface area contributed by atoms with Crippen molar-refractivity contribution in [3.63, 3.8) is 0 Å². The number of anilines is 1. The Morgan fingerprint density at radius 2 is 2.33 bits per heavy atom. The number of nitrogens with zero attached hydrogens (tertiary/aromatic N) is 4. The van der Waals surface area contributed by atoms with Gasteiger partial charge < -0.3 is 15.0 Å². The maximum absolute atomic E-state index is 12.4. The van der Waals surface area contributed by atoms with E-state index in [-0.39, 0.29) is 17.5 Å². The molecule has 10 heteroatoms. The number of aromatic nitrogens is 3. The lowest BCUT2D eigenvalue weighted by Crippen LogP contribution is -2.36. The summed E-state index contributed by atoms with van der Waals surface area (Å²) in [6.45, 7) is 2.35. The molecule has 3 heterocycles. The second kappa shape index (κ2) is 8.58. The van der Waals surface area contributed by atoms with Crippen LogP contribution in [0.2, 0.25) is 0 Å². The predicted octanol–water partition coefficient (Wildman–Crippen LogP) is 1.47. The van der Waals surface area contributed by atoms with Crippen LogP contribution in [0.4, 0.5) is 11.5 Å². The molecule has 0 saturated carbocycles. The van der Waals surface area contributed by atoms with Crippen LogP contribution < -0.4 is 10.2 Å². The third-order valence-corrected chi connectivity index (χ3v) is 4.60. The summed E-state index contributed by atoms with van der Waals surface area (Å²) in [5, 5.41) is 20.6. The fourth-order valence-electron chi connectivity index (χ4n) is 3.24. The number of pyridine rings is 1. The SMILES string of the molecule is COCCNC(=O)c1cn[nH]c1[C@H]1CCCN(c2ccc([N+](=O)[O-])cn2)C1. The van der Waals surface area contributed by atoms with Gasteiger partial charge in [0, 0.05) is 38.7 Å². The van der Waals surface area contributed by atoms with Crippen LogP contribution in [0.3, 0.4) is 0 Å². The molecule has 10 nitrogen and oxygen atoms in total. The van der Waals surface area contributed by atoms with E-state index in [0.717, 1.165) is 25.1 Å². The van der Waals surface area contributed by atoms with Crippen molar-refractivity contribution >= 4 is 17.4 Å². The van der Waals surface area contributed by atoms with E-state index in [1.165, 1.54) is 12.3 Å². The van der Waals surface area contributed by atoms with E-state index in [2.05, 4.69) is 25.4 Å². The quantitative estimate of drug-likeness (QED) is 0.427. The Morgan fingerprint density at radius 1 is 1.48 bits per heavy atom. The molecule has 0 radical (unpaired) electrons. The number of hydrogen-bond donors (Lipinski definition) is 2. The zero-order valence-corrected chi connectivity index (χ0v) is 15.1. The Bertz CT molecular complexity index is 791. The van der Waals surface area contributed by atoms with Crippen molar-refractivity contribution < 1.29 is 14.5 Å². The van der Waals surface area contributed by atoms with E-state index in [1.807, 2.05) is 0 Å². The highest BCUT2D eigenvalue weighted by atomic mass is 16.6. The Balaban J connectivity index is 1.70. The first kappa shape index (κ1) is 18.8. The molecule has 2 aromatic heterocycles. The summed E-state index contributed by atoms with van der Waals surface area (Å²) in [7, 11) is 1.58. The summed E-state index contributed by atoms with van der Waals surface area (Å²) in [5.41, 5.74) is 1.31. The number of carbonyl (C=O) groups is 1. The van der Waals surface area contributed by atoms with Gasteiger partial charge in [0.1, 0.15) is 12.0 Å². The van der Waals surface area contributed by atoms with Gasteiger partial charge in [-0.25, -0.2) is 4.98 Å². The molecule has 1 saturated heterocycles. The minimum Gasteiger partial charge on any atom is -0.383 e. The lowest BCUT2D eigenvalue weighted by Gasteiger charge is -2.33. The number of aromatic amines is 1. The minimum absolute atomic E-state index is 0.0316. The van der Waals surface area contributed by atoms with Crippen LogP contribution in [0.25, 0.3) is 0 Å². The number of piperidine rings is 1. The Hall–Kier alpha value is -3.01. The van der Waals surface area contributed by atoms with Gasteiger partial charge in [0.15, 0.2) is 0 Å². The van der Waals surface area contributed by atoms with Gasteiger partial charge in [0.05, 0.1) is 29.0 Å². The van der Waals surface area contributed by atoms with Crippen LogP contribution >= 0.6 is 0 Å². The molecule has 144 valence electrons. The van der Waals surface area contributed by atoms with Crippen LogP contribution in [0.15, 0.2) is 24.5 Å². The fourth-order valence-corrected chi connectivity index (χ4v) is 3.24. The topological polar surface area (TPSA) is 126 Å². The summed E-state index contributed by atoms with van der Waals surface area (Å²) < 4.78 is 4.95. The van der Waals surface area contributed by atoms with E-state index in [4.69, 9.17) is 4.74 Å². The van der Waals surface area contributed by atoms with E-state index < -0.39 is 4.92 Å². The van der Waals surface area contributed by atoms with Crippen molar-refractivity contribution in [1.29, 1.82) is 0 Å². The smallest absolute Gasteiger partial charge is 0.287 e. The van der Waals surface area contributed by atoms with Gasteiger partial charge in [-0.2, -0.15) is 5.10 Å². The van der Waals surface area contributed by atoms with Crippen LogP contribution in [0.5, 0.6) is 0 Å². The molecule has 27 heavy (non-hydrogen) atoms. The molecule has 1 amide bonds. The van der Waals surface area contributed by atoms with Gasteiger partial charge in [-0.05, 0) is 18.9 Å². The van der Waals surface area contributed by atoms with Crippen LogP contribution in [0, 0.1) is 10.1 Å². The average Bonchev–Trinajstić information content (AvgIpc) is 3.18. The number of methoxy groups -OCH3 is 1. The zero-order chi connectivity index (χ0) is 19.2. The molecule has 1 aliphatic heterocycles. The van der Waals surface area contributed by atoms with E-state index in [0.29, 0.717) is 31.1 Å². The highest BCUT2D eigenvalue weighted by Crippen LogP contribution is 2.30. The van der Waals surface area contributed by atoms with Crippen molar-refractivity contribution in [3.05, 3.63) is 45.9 Å². The number of H-pyrrole nitrogens is 1. The number of nitro groups is 1. The number of rotatable bonds is 7. The Kier molecular flexibility index (Phi) is 5.97.